The summed E-state index contributed by atoms with van der Waals surface area (Å²) in [6.45, 7) is 2.76. The molecule has 1 fully saturated rings. The number of hydrogen-bond acceptors (Lipinski definition) is 4. The molecule has 2 aromatic carbocycles. The van der Waals surface area contributed by atoms with Gasteiger partial charge in [0.25, 0.3) is 0 Å². The van der Waals surface area contributed by atoms with Crippen molar-refractivity contribution in [3.05, 3.63) is 59.7 Å². The van der Waals surface area contributed by atoms with Gasteiger partial charge in [-0.2, -0.15) is 0 Å². The van der Waals surface area contributed by atoms with E-state index in [9.17, 15) is 4.79 Å². The van der Waals surface area contributed by atoms with Crippen LogP contribution >= 0.6 is 0 Å². The van der Waals surface area contributed by atoms with Gasteiger partial charge in [0.05, 0.1) is 14.2 Å². The van der Waals surface area contributed by atoms with Crippen LogP contribution in [0.2, 0.25) is 0 Å². The predicted octanol–water partition coefficient (Wildman–Crippen LogP) is 3.98. The molecule has 1 aliphatic heterocycles. The van der Waals surface area contributed by atoms with E-state index in [2.05, 4.69) is 23.1 Å². The number of anilines is 1. The lowest BCUT2D eigenvalue weighted by Gasteiger charge is -2.24. The fourth-order valence-electron chi connectivity index (χ4n) is 3.46. The molecule has 5 nitrogen and oxygen atoms in total. The third-order valence-electron chi connectivity index (χ3n) is 5.01. The Morgan fingerprint density at radius 3 is 2.36 bits per heavy atom. The Balaban J connectivity index is 1.69. The molecule has 1 amide bonds. The number of carbonyl (C=O) groups excluding carboxylic acids is 1. The van der Waals surface area contributed by atoms with Crippen molar-refractivity contribution in [1.29, 1.82) is 0 Å². The third-order valence-corrected chi connectivity index (χ3v) is 5.01. The van der Waals surface area contributed by atoms with Gasteiger partial charge < -0.3 is 19.3 Å². The minimum atomic E-state index is -0.0435. The quantitative estimate of drug-likeness (QED) is 0.682. The number of ether oxygens (including phenoxy) is 2. The molecule has 0 spiro atoms. The van der Waals surface area contributed by atoms with Crippen molar-refractivity contribution in [2.75, 3.05) is 39.3 Å². The molecule has 0 saturated carbocycles. The van der Waals surface area contributed by atoms with Crippen LogP contribution in [-0.4, -0.2) is 45.2 Å². The van der Waals surface area contributed by atoms with Crippen LogP contribution in [0.3, 0.4) is 0 Å². The molecule has 0 atom stereocenters. The van der Waals surface area contributed by atoms with Crippen molar-refractivity contribution < 1.29 is 14.3 Å². The minimum Gasteiger partial charge on any atom is -0.497 e. The molecule has 0 N–H and O–H groups in total. The number of para-hydroxylation sites is 1. The second-order valence-corrected chi connectivity index (χ2v) is 7.00. The van der Waals surface area contributed by atoms with Crippen LogP contribution < -0.4 is 14.4 Å². The van der Waals surface area contributed by atoms with Crippen molar-refractivity contribution in [2.24, 2.45) is 0 Å². The Morgan fingerprint density at radius 1 is 1.07 bits per heavy atom. The van der Waals surface area contributed by atoms with Gasteiger partial charge in [-0.15, -0.1) is 0 Å². The van der Waals surface area contributed by atoms with Crippen LogP contribution in [0.5, 0.6) is 11.5 Å². The summed E-state index contributed by atoms with van der Waals surface area (Å²) in [6, 6.07) is 13.9. The van der Waals surface area contributed by atoms with Crippen molar-refractivity contribution in [1.82, 2.24) is 4.90 Å². The van der Waals surface area contributed by atoms with Gasteiger partial charge in [0, 0.05) is 44.5 Å². The average Bonchev–Trinajstić information content (AvgIpc) is 3.26. The summed E-state index contributed by atoms with van der Waals surface area (Å²) in [5.41, 5.74) is 3.27. The second-order valence-electron chi connectivity index (χ2n) is 7.00. The average molecular weight is 380 g/mol. The number of nitrogens with zero attached hydrogens (tertiary/aromatic N) is 2. The van der Waals surface area contributed by atoms with Crippen molar-refractivity contribution in [2.45, 2.75) is 19.4 Å². The molecular formula is C23H28N2O3. The van der Waals surface area contributed by atoms with Crippen molar-refractivity contribution in [3.63, 3.8) is 0 Å². The minimum absolute atomic E-state index is 0.0435. The third kappa shape index (κ3) is 4.85. The first-order chi connectivity index (χ1) is 13.6. The Labute approximate surface area is 167 Å². The molecule has 0 unspecified atom stereocenters. The lowest BCUT2D eigenvalue weighted by atomic mass is 10.1. The van der Waals surface area contributed by atoms with Crippen molar-refractivity contribution in [3.8, 4) is 11.5 Å². The molecule has 0 aromatic heterocycles. The SMILES string of the molecule is COc1cc(/C=C/C(=O)N(C)Cc2ccccc2N2CCCC2)cc(OC)c1. The van der Waals surface area contributed by atoms with Crippen molar-refractivity contribution >= 4 is 17.7 Å². The van der Waals surface area contributed by atoms with Gasteiger partial charge >= 0.3 is 0 Å². The zero-order valence-electron chi connectivity index (χ0n) is 16.9. The normalized spacial score (nSPS) is 13.8. The van der Waals surface area contributed by atoms with Crippen LogP contribution in [-0.2, 0) is 11.3 Å². The molecule has 1 heterocycles. The maximum atomic E-state index is 12.6. The van der Waals surface area contributed by atoms with E-state index in [0.717, 1.165) is 18.7 Å². The topological polar surface area (TPSA) is 42.0 Å². The summed E-state index contributed by atoms with van der Waals surface area (Å²) in [5.74, 6) is 1.34. The summed E-state index contributed by atoms with van der Waals surface area (Å²) >= 11 is 0. The first-order valence-electron chi connectivity index (χ1n) is 9.60. The molecular weight excluding hydrogens is 352 g/mol. The standard InChI is InChI=1S/C23H28N2O3/c1-24(17-19-8-4-5-9-22(19)25-12-6-7-13-25)23(26)11-10-18-14-20(27-2)16-21(15-18)28-3/h4-5,8-11,14-16H,6-7,12-13,17H2,1-3H3/b11-10+. The monoisotopic (exact) mass is 380 g/mol. The number of rotatable bonds is 7. The number of likely N-dealkylation sites (N-methyl/N-ethyl adjacent to an activating group) is 1. The fourth-order valence-corrected chi connectivity index (χ4v) is 3.46. The molecule has 28 heavy (non-hydrogen) atoms. The van der Waals surface area contributed by atoms with E-state index in [0.29, 0.717) is 18.0 Å². The van der Waals surface area contributed by atoms with Crippen LogP contribution in [0, 0.1) is 0 Å². The van der Waals surface area contributed by atoms with Gasteiger partial charge in [-0.3, -0.25) is 4.79 Å². The first kappa shape index (κ1) is 19.8. The number of hydrogen-bond donors (Lipinski definition) is 0. The van der Waals surface area contributed by atoms with Gasteiger partial charge in [0.1, 0.15) is 11.5 Å². The highest BCUT2D eigenvalue weighted by molar-refractivity contribution is 5.91. The summed E-state index contributed by atoms with van der Waals surface area (Å²) in [6.07, 6.45) is 5.84. The van der Waals surface area contributed by atoms with E-state index < -0.39 is 0 Å². The van der Waals surface area contributed by atoms with E-state index in [1.54, 1.807) is 37.3 Å². The summed E-state index contributed by atoms with van der Waals surface area (Å²) in [4.78, 5) is 16.8. The van der Waals surface area contributed by atoms with Gasteiger partial charge in [0.2, 0.25) is 5.91 Å². The number of benzene rings is 2. The molecule has 3 rings (SSSR count). The molecule has 1 saturated heterocycles. The highest BCUT2D eigenvalue weighted by atomic mass is 16.5. The number of amides is 1. The number of methoxy groups -OCH3 is 2. The Morgan fingerprint density at radius 2 is 1.71 bits per heavy atom. The van der Waals surface area contributed by atoms with E-state index in [1.165, 1.54) is 24.1 Å². The largest absolute Gasteiger partial charge is 0.497 e. The zero-order valence-corrected chi connectivity index (χ0v) is 16.9. The molecule has 148 valence electrons. The first-order valence-corrected chi connectivity index (χ1v) is 9.60. The van der Waals surface area contributed by atoms with Gasteiger partial charge in [-0.25, -0.2) is 0 Å². The smallest absolute Gasteiger partial charge is 0.246 e. The van der Waals surface area contributed by atoms with E-state index in [-0.39, 0.29) is 5.91 Å². The summed E-state index contributed by atoms with van der Waals surface area (Å²) in [7, 11) is 5.05. The molecule has 0 bridgehead atoms. The molecule has 5 heteroatoms. The van der Waals surface area contributed by atoms with Crippen LogP contribution in [0.25, 0.3) is 6.08 Å². The van der Waals surface area contributed by atoms with E-state index in [4.69, 9.17) is 9.47 Å². The zero-order chi connectivity index (χ0) is 19.9. The molecule has 2 aromatic rings. The highest BCUT2D eigenvalue weighted by Crippen LogP contribution is 2.26. The van der Waals surface area contributed by atoms with Gasteiger partial charge in [-0.1, -0.05) is 18.2 Å². The Bertz CT molecular complexity index is 819. The van der Waals surface area contributed by atoms with E-state index in [1.807, 2.05) is 25.2 Å². The molecule has 1 aliphatic rings. The second kappa shape index (κ2) is 9.31. The van der Waals surface area contributed by atoms with Gasteiger partial charge in [-0.05, 0) is 48.2 Å². The highest BCUT2D eigenvalue weighted by Gasteiger charge is 2.17. The summed E-state index contributed by atoms with van der Waals surface area (Å²) in [5, 5.41) is 0. The summed E-state index contributed by atoms with van der Waals surface area (Å²) < 4.78 is 10.6. The molecule has 0 aliphatic carbocycles. The van der Waals surface area contributed by atoms with E-state index >= 15 is 0 Å². The van der Waals surface area contributed by atoms with Crippen LogP contribution in [0.1, 0.15) is 24.0 Å². The maximum Gasteiger partial charge on any atom is 0.246 e. The lowest BCUT2D eigenvalue weighted by Crippen LogP contribution is -2.26. The Hall–Kier alpha value is -2.95. The maximum absolute atomic E-state index is 12.6. The Kier molecular flexibility index (Phi) is 6.58. The fraction of sp³-hybridized carbons (Fsp3) is 0.348. The van der Waals surface area contributed by atoms with Crippen LogP contribution in [0.4, 0.5) is 5.69 Å². The van der Waals surface area contributed by atoms with Gasteiger partial charge in [0.15, 0.2) is 0 Å². The number of carbonyl (C=O) groups is 1. The predicted molar refractivity (Wildman–Crippen MR) is 113 cm³/mol. The van der Waals surface area contributed by atoms with Crippen LogP contribution in [0.15, 0.2) is 48.5 Å². The molecule has 0 radical (unpaired) electrons. The lowest BCUT2D eigenvalue weighted by molar-refractivity contribution is -0.125.